The molecule has 3 nitrogen and oxygen atoms in total. The van der Waals surface area contributed by atoms with Crippen molar-refractivity contribution in [3.05, 3.63) is 53.1 Å². The van der Waals surface area contributed by atoms with Gasteiger partial charge in [-0.1, -0.05) is 0 Å². The molecule has 0 aliphatic rings. The van der Waals surface area contributed by atoms with Crippen LogP contribution in [0.5, 0.6) is 0 Å². The van der Waals surface area contributed by atoms with Gasteiger partial charge in [0, 0.05) is 6.07 Å². The Bertz CT molecular complexity index is 675. The molecule has 0 aliphatic heterocycles. The van der Waals surface area contributed by atoms with E-state index in [1.165, 1.54) is 19.1 Å². The molecule has 0 heterocycles. The molecule has 5 heteroatoms. The lowest BCUT2D eigenvalue weighted by Crippen LogP contribution is -2.00. The van der Waals surface area contributed by atoms with E-state index in [2.05, 4.69) is 5.32 Å². The van der Waals surface area contributed by atoms with Crippen molar-refractivity contribution in [2.45, 2.75) is 6.92 Å². The van der Waals surface area contributed by atoms with Crippen molar-refractivity contribution >= 4 is 17.1 Å². The van der Waals surface area contributed by atoms with Crippen LogP contribution in [0.15, 0.2) is 30.3 Å². The molecular weight excluding hydrogens is 248 g/mol. The van der Waals surface area contributed by atoms with Crippen LogP contribution in [-0.4, -0.2) is 0 Å². The monoisotopic (exact) mass is 259 g/mol. The number of benzene rings is 2. The molecule has 0 bridgehead atoms. The molecule has 3 N–H and O–H groups in total. The van der Waals surface area contributed by atoms with Crippen molar-refractivity contribution < 1.29 is 8.78 Å². The second-order valence-corrected chi connectivity index (χ2v) is 4.12. The number of nitriles is 1. The SMILES string of the molecule is Cc1cc(F)c(Nc2cc(C#N)ccc2N)cc1F. The van der Waals surface area contributed by atoms with Crippen LogP contribution < -0.4 is 11.1 Å². The molecule has 96 valence electrons. The summed E-state index contributed by atoms with van der Waals surface area (Å²) in [6.07, 6.45) is 0. The van der Waals surface area contributed by atoms with Crippen molar-refractivity contribution in [3.8, 4) is 6.07 Å². The Balaban J connectivity index is 2.42. The highest BCUT2D eigenvalue weighted by Crippen LogP contribution is 2.27. The fourth-order valence-electron chi connectivity index (χ4n) is 1.62. The van der Waals surface area contributed by atoms with Gasteiger partial charge in [0.2, 0.25) is 0 Å². The Hall–Kier alpha value is -2.61. The van der Waals surface area contributed by atoms with Crippen LogP contribution in [-0.2, 0) is 0 Å². The highest BCUT2D eigenvalue weighted by molar-refractivity contribution is 5.74. The summed E-state index contributed by atoms with van der Waals surface area (Å²) in [7, 11) is 0. The van der Waals surface area contributed by atoms with Crippen LogP contribution in [0.1, 0.15) is 11.1 Å². The summed E-state index contributed by atoms with van der Waals surface area (Å²) in [6, 6.07) is 8.67. The first-order valence-corrected chi connectivity index (χ1v) is 5.53. The highest BCUT2D eigenvalue weighted by Gasteiger charge is 2.09. The van der Waals surface area contributed by atoms with Gasteiger partial charge in [0.05, 0.1) is 28.7 Å². The van der Waals surface area contributed by atoms with E-state index in [0.29, 0.717) is 16.9 Å². The molecule has 0 unspecified atom stereocenters. The number of nitrogens with one attached hydrogen (secondary N) is 1. The number of nitrogen functional groups attached to an aromatic ring is 1. The molecule has 0 fully saturated rings. The lowest BCUT2D eigenvalue weighted by molar-refractivity contribution is 0.595. The summed E-state index contributed by atoms with van der Waals surface area (Å²) in [4.78, 5) is 0. The van der Waals surface area contributed by atoms with Crippen LogP contribution >= 0.6 is 0 Å². The molecule has 2 rings (SSSR count). The van der Waals surface area contributed by atoms with Gasteiger partial charge in [-0.3, -0.25) is 0 Å². The van der Waals surface area contributed by atoms with E-state index in [1.54, 1.807) is 6.07 Å². The van der Waals surface area contributed by atoms with Gasteiger partial charge in [0.25, 0.3) is 0 Å². The molecule has 19 heavy (non-hydrogen) atoms. The predicted octanol–water partition coefficient (Wildman–Crippen LogP) is 3.47. The Morgan fingerprint density at radius 1 is 1.11 bits per heavy atom. The first kappa shape index (κ1) is 12.8. The predicted molar refractivity (Wildman–Crippen MR) is 69.9 cm³/mol. The molecule has 0 aliphatic carbocycles. The zero-order valence-corrected chi connectivity index (χ0v) is 10.2. The normalized spacial score (nSPS) is 10.0. The van der Waals surface area contributed by atoms with Crippen LogP contribution in [0.4, 0.5) is 25.8 Å². The molecule has 0 spiro atoms. The lowest BCUT2D eigenvalue weighted by Gasteiger charge is -2.11. The number of rotatable bonds is 2. The number of nitrogens with zero attached hydrogens (tertiary/aromatic N) is 1. The minimum atomic E-state index is -0.583. The summed E-state index contributed by atoms with van der Waals surface area (Å²) >= 11 is 0. The molecule has 0 amide bonds. The largest absolute Gasteiger partial charge is 0.397 e. The minimum absolute atomic E-state index is 0.0233. The van der Waals surface area contributed by atoms with Crippen molar-refractivity contribution in [1.82, 2.24) is 0 Å². The van der Waals surface area contributed by atoms with Crippen LogP contribution in [0, 0.1) is 29.9 Å². The summed E-state index contributed by atoms with van der Waals surface area (Å²) in [5, 5.41) is 11.5. The zero-order chi connectivity index (χ0) is 14.0. The van der Waals surface area contributed by atoms with Gasteiger partial charge in [-0.2, -0.15) is 5.26 Å². The van der Waals surface area contributed by atoms with Crippen molar-refractivity contribution in [1.29, 1.82) is 5.26 Å². The van der Waals surface area contributed by atoms with E-state index in [1.807, 2.05) is 6.07 Å². The third kappa shape index (κ3) is 2.63. The fourth-order valence-corrected chi connectivity index (χ4v) is 1.62. The molecule has 0 aromatic heterocycles. The Kier molecular flexibility index (Phi) is 3.34. The summed E-state index contributed by atoms with van der Waals surface area (Å²) < 4.78 is 27.1. The number of aryl methyl sites for hydroxylation is 1. The van der Waals surface area contributed by atoms with E-state index in [4.69, 9.17) is 11.0 Å². The van der Waals surface area contributed by atoms with Crippen LogP contribution in [0.25, 0.3) is 0 Å². The average molecular weight is 259 g/mol. The van der Waals surface area contributed by atoms with Gasteiger partial charge in [-0.15, -0.1) is 0 Å². The maximum Gasteiger partial charge on any atom is 0.147 e. The third-order valence-corrected chi connectivity index (χ3v) is 2.70. The van der Waals surface area contributed by atoms with E-state index >= 15 is 0 Å². The van der Waals surface area contributed by atoms with Crippen LogP contribution in [0.3, 0.4) is 0 Å². The second kappa shape index (κ2) is 4.94. The first-order valence-electron chi connectivity index (χ1n) is 5.53. The molecule has 0 saturated carbocycles. The quantitative estimate of drug-likeness (QED) is 0.812. The highest BCUT2D eigenvalue weighted by atomic mass is 19.1. The number of hydrogen-bond acceptors (Lipinski definition) is 3. The topological polar surface area (TPSA) is 61.8 Å². The number of hydrogen-bond donors (Lipinski definition) is 2. The fraction of sp³-hybridized carbons (Fsp3) is 0.0714. The summed E-state index contributed by atoms with van der Waals surface area (Å²) in [5.41, 5.74) is 7.01. The van der Waals surface area contributed by atoms with E-state index in [-0.39, 0.29) is 11.3 Å². The summed E-state index contributed by atoms with van der Waals surface area (Å²) in [5.74, 6) is -1.10. The molecule has 0 radical (unpaired) electrons. The number of halogens is 2. The standard InChI is InChI=1S/C14H11F2N3/c1-8-4-11(16)13(6-10(8)15)19-14-5-9(7-17)2-3-12(14)18/h2-6,19H,18H2,1H3. The van der Waals surface area contributed by atoms with Gasteiger partial charge in [-0.05, 0) is 36.8 Å². The lowest BCUT2D eigenvalue weighted by atomic mass is 10.1. The molecule has 0 saturated heterocycles. The summed E-state index contributed by atoms with van der Waals surface area (Å²) in [6.45, 7) is 1.48. The van der Waals surface area contributed by atoms with E-state index in [9.17, 15) is 8.78 Å². The maximum absolute atomic E-state index is 13.7. The van der Waals surface area contributed by atoms with Crippen molar-refractivity contribution in [3.63, 3.8) is 0 Å². The Morgan fingerprint density at radius 3 is 2.53 bits per heavy atom. The molecule has 2 aromatic rings. The van der Waals surface area contributed by atoms with Crippen LogP contribution in [0.2, 0.25) is 0 Å². The van der Waals surface area contributed by atoms with E-state index in [0.717, 1.165) is 12.1 Å². The average Bonchev–Trinajstić information content (AvgIpc) is 2.38. The van der Waals surface area contributed by atoms with Gasteiger partial charge in [-0.25, -0.2) is 8.78 Å². The van der Waals surface area contributed by atoms with Gasteiger partial charge >= 0.3 is 0 Å². The van der Waals surface area contributed by atoms with E-state index < -0.39 is 11.6 Å². The Labute approximate surface area is 109 Å². The zero-order valence-electron chi connectivity index (χ0n) is 10.2. The van der Waals surface area contributed by atoms with Crippen molar-refractivity contribution in [2.24, 2.45) is 0 Å². The molecular formula is C14H11F2N3. The van der Waals surface area contributed by atoms with Crippen molar-refractivity contribution in [2.75, 3.05) is 11.1 Å². The number of anilines is 3. The number of nitrogens with two attached hydrogens (primary N) is 1. The Morgan fingerprint density at radius 2 is 1.84 bits per heavy atom. The molecule has 0 atom stereocenters. The third-order valence-electron chi connectivity index (χ3n) is 2.70. The van der Waals surface area contributed by atoms with Gasteiger partial charge in [0.1, 0.15) is 11.6 Å². The van der Waals surface area contributed by atoms with Gasteiger partial charge < -0.3 is 11.1 Å². The maximum atomic E-state index is 13.7. The minimum Gasteiger partial charge on any atom is -0.397 e. The first-order chi connectivity index (χ1) is 9.01. The second-order valence-electron chi connectivity index (χ2n) is 4.12. The molecule has 2 aromatic carbocycles. The van der Waals surface area contributed by atoms with Gasteiger partial charge in [0.15, 0.2) is 0 Å². The smallest absolute Gasteiger partial charge is 0.147 e.